The highest BCUT2D eigenvalue weighted by Crippen LogP contribution is 2.61. The zero-order valence-electron chi connectivity index (χ0n) is 49.6. The number of hydrogen-bond donors (Lipinski definition) is 0. The van der Waals surface area contributed by atoms with E-state index in [1.165, 1.54) is 171 Å². The van der Waals surface area contributed by atoms with Gasteiger partial charge >= 0.3 is 0 Å². The van der Waals surface area contributed by atoms with E-state index in [0.717, 1.165) is 0 Å². The molecule has 12 aromatic carbocycles. The van der Waals surface area contributed by atoms with Crippen molar-refractivity contribution in [2.45, 2.75) is 112 Å². The van der Waals surface area contributed by atoms with Crippen molar-refractivity contribution < 1.29 is 0 Å². The number of rotatable bonds is 5. The standard InChI is InChI=1S/C81H72/c1-47-34-36-64-73-65(77-70(50-26-18-15-19-27-50)60-31-21-20-30-59(60)69(76(64)77)49-24-16-14-17-25-49)39-38-58(67(47)73)51-35-37-61-66(44-51)72(53-42-56(80(8,9)10)46-57(43-53)81(11,12)13)75-63-33-23-29-48-28-22-32-62(68(48)63)74(75)71(61)52-40-54(78(2,3)4)45-55(41-52)79(5,6)7/h14-46H,1-13H3. The molecule has 0 fully saturated rings. The molecule has 0 radical (unpaired) electrons. The van der Waals surface area contributed by atoms with E-state index in [9.17, 15) is 0 Å². The lowest BCUT2D eigenvalue weighted by atomic mass is 9.75. The van der Waals surface area contributed by atoms with Crippen molar-refractivity contribution in [3.63, 3.8) is 0 Å². The van der Waals surface area contributed by atoms with Gasteiger partial charge < -0.3 is 0 Å². The number of benzene rings is 12. The molecule has 0 heteroatoms. The molecule has 0 unspecified atom stereocenters. The minimum Gasteiger partial charge on any atom is -0.0622 e. The molecule has 0 saturated heterocycles. The van der Waals surface area contributed by atoms with Crippen LogP contribution in [0.2, 0.25) is 0 Å². The Kier molecular flexibility index (Phi) is 11.2. The summed E-state index contributed by atoms with van der Waals surface area (Å²) in [5.74, 6) is 0. The summed E-state index contributed by atoms with van der Waals surface area (Å²) >= 11 is 0. The normalized spacial score (nSPS) is 13.0. The minimum absolute atomic E-state index is 0.0639. The van der Waals surface area contributed by atoms with E-state index in [-0.39, 0.29) is 21.7 Å². The van der Waals surface area contributed by atoms with Crippen molar-refractivity contribution in [3.05, 3.63) is 228 Å². The first-order valence-corrected chi connectivity index (χ1v) is 29.4. The molecule has 14 rings (SSSR count). The average Bonchev–Trinajstić information content (AvgIpc) is 2.20. The number of hydrogen-bond acceptors (Lipinski definition) is 0. The predicted octanol–water partition coefficient (Wildman–Crippen LogP) is 23.4. The Hall–Kier alpha value is -8.32. The van der Waals surface area contributed by atoms with Crippen molar-refractivity contribution in [2.75, 3.05) is 0 Å². The fraction of sp³-hybridized carbons (Fsp3) is 0.210. The summed E-state index contributed by atoms with van der Waals surface area (Å²) in [7, 11) is 0. The average molecular weight is 1050 g/mol. The molecular formula is C81H72. The topological polar surface area (TPSA) is 0 Å². The van der Waals surface area contributed by atoms with Crippen LogP contribution in [0.25, 0.3) is 143 Å². The van der Waals surface area contributed by atoms with Crippen molar-refractivity contribution >= 4 is 43.1 Å². The fourth-order valence-electron chi connectivity index (χ4n) is 13.9. The van der Waals surface area contributed by atoms with Crippen LogP contribution >= 0.6 is 0 Å². The van der Waals surface area contributed by atoms with E-state index in [2.05, 4.69) is 290 Å². The molecule has 0 N–H and O–H groups in total. The van der Waals surface area contributed by atoms with E-state index in [1.807, 2.05) is 0 Å². The van der Waals surface area contributed by atoms with Gasteiger partial charge in [0.2, 0.25) is 0 Å². The van der Waals surface area contributed by atoms with Gasteiger partial charge in [0, 0.05) is 0 Å². The van der Waals surface area contributed by atoms with Crippen LogP contribution < -0.4 is 0 Å². The summed E-state index contributed by atoms with van der Waals surface area (Å²) in [5, 5.41) is 10.4. The second-order valence-electron chi connectivity index (χ2n) is 27.7. The molecule has 0 aromatic heterocycles. The van der Waals surface area contributed by atoms with Crippen molar-refractivity contribution in [2.24, 2.45) is 0 Å². The Morgan fingerprint density at radius 1 is 0.222 bits per heavy atom. The molecule has 0 heterocycles. The van der Waals surface area contributed by atoms with E-state index < -0.39 is 0 Å². The molecule has 0 saturated carbocycles. The van der Waals surface area contributed by atoms with Crippen molar-refractivity contribution in [1.82, 2.24) is 0 Å². The molecule has 0 aliphatic heterocycles. The molecule has 2 aliphatic rings. The molecule has 396 valence electrons. The third-order valence-electron chi connectivity index (χ3n) is 18.2. The lowest BCUT2D eigenvalue weighted by molar-refractivity contribution is 0.568. The SMILES string of the molecule is Cc1ccc2c3c(ccc(-c4ccc5c(-c6cc(C(C)(C)C)cc(C(C)(C)C)c6)c6c(c(-c7cc(C(C)(C)C)cc(C(C)(C)C)c7)c5c4)-c4cccc5cccc-6c45)c13)-c1c-2c(-c2ccccc2)c2ccccc2c1-c1ccccc1. The Morgan fingerprint density at radius 3 is 1.04 bits per heavy atom. The molecule has 0 atom stereocenters. The zero-order valence-corrected chi connectivity index (χ0v) is 49.6. The molecule has 0 bridgehead atoms. The van der Waals surface area contributed by atoms with Crippen LogP contribution in [-0.4, -0.2) is 0 Å². The highest BCUT2D eigenvalue weighted by atomic mass is 14.4. The quantitative estimate of drug-likeness (QED) is 0.161. The molecule has 0 spiro atoms. The van der Waals surface area contributed by atoms with Gasteiger partial charge in [0.1, 0.15) is 0 Å². The van der Waals surface area contributed by atoms with Crippen molar-refractivity contribution in [1.29, 1.82) is 0 Å². The number of fused-ring (bicyclic) bond motifs is 8. The highest BCUT2D eigenvalue weighted by Gasteiger charge is 2.35. The van der Waals surface area contributed by atoms with Crippen LogP contribution in [0.5, 0.6) is 0 Å². The Bertz CT molecular complexity index is 4460. The van der Waals surface area contributed by atoms with Gasteiger partial charge in [-0.05, 0) is 206 Å². The van der Waals surface area contributed by atoms with E-state index in [4.69, 9.17) is 0 Å². The van der Waals surface area contributed by atoms with Crippen LogP contribution in [0.3, 0.4) is 0 Å². The maximum atomic E-state index is 2.60. The second-order valence-corrected chi connectivity index (χ2v) is 27.7. The molecule has 2 aliphatic carbocycles. The van der Waals surface area contributed by atoms with Crippen LogP contribution in [-0.2, 0) is 21.7 Å². The Morgan fingerprint density at radius 2 is 0.593 bits per heavy atom. The van der Waals surface area contributed by atoms with Crippen LogP contribution in [0.1, 0.15) is 111 Å². The summed E-state index contributed by atoms with van der Waals surface area (Å²) in [5.41, 5.74) is 29.8. The summed E-state index contributed by atoms with van der Waals surface area (Å²) < 4.78 is 0. The van der Waals surface area contributed by atoms with Gasteiger partial charge in [-0.15, -0.1) is 0 Å². The molecule has 81 heavy (non-hydrogen) atoms. The van der Waals surface area contributed by atoms with Gasteiger partial charge in [0.05, 0.1) is 0 Å². The predicted molar refractivity (Wildman–Crippen MR) is 352 cm³/mol. The summed E-state index contributed by atoms with van der Waals surface area (Å²) in [4.78, 5) is 0. The second kappa shape index (κ2) is 17.8. The Labute approximate surface area is 480 Å². The minimum atomic E-state index is -0.0772. The van der Waals surface area contributed by atoms with Crippen LogP contribution in [0.15, 0.2) is 200 Å². The molecule has 0 nitrogen and oxygen atoms in total. The Balaban J connectivity index is 1.14. The van der Waals surface area contributed by atoms with Gasteiger partial charge in [0.25, 0.3) is 0 Å². The van der Waals surface area contributed by atoms with Gasteiger partial charge in [-0.25, -0.2) is 0 Å². The molecular weight excluding hydrogens is 973 g/mol. The van der Waals surface area contributed by atoms with Crippen molar-refractivity contribution in [3.8, 4) is 100 Å². The van der Waals surface area contributed by atoms with E-state index in [1.54, 1.807) is 0 Å². The first-order valence-electron chi connectivity index (χ1n) is 29.4. The first kappa shape index (κ1) is 50.9. The molecule has 12 aromatic rings. The summed E-state index contributed by atoms with van der Waals surface area (Å²) in [6.07, 6.45) is 0. The third kappa shape index (κ3) is 7.92. The van der Waals surface area contributed by atoms with Gasteiger partial charge in [-0.3, -0.25) is 0 Å². The fourth-order valence-corrected chi connectivity index (χ4v) is 13.9. The molecule has 0 amide bonds. The largest absolute Gasteiger partial charge is 0.0622 e. The van der Waals surface area contributed by atoms with Crippen LogP contribution in [0.4, 0.5) is 0 Å². The lowest BCUT2D eigenvalue weighted by Gasteiger charge is -2.29. The van der Waals surface area contributed by atoms with E-state index in [0.29, 0.717) is 0 Å². The lowest BCUT2D eigenvalue weighted by Crippen LogP contribution is -2.17. The zero-order chi connectivity index (χ0) is 56.2. The van der Waals surface area contributed by atoms with Gasteiger partial charge in [-0.2, -0.15) is 0 Å². The monoisotopic (exact) mass is 1040 g/mol. The van der Waals surface area contributed by atoms with Gasteiger partial charge in [0.15, 0.2) is 0 Å². The maximum absolute atomic E-state index is 2.60. The third-order valence-corrected chi connectivity index (χ3v) is 18.2. The summed E-state index contributed by atoms with van der Waals surface area (Å²) in [6.45, 7) is 30.8. The summed E-state index contributed by atoms with van der Waals surface area (Å²) in [6, 6.07) is 77.7. The van der Waals surface area contributed by atoms with Gasteiger partial charge in [-0.1, -0.05) is 277 Å². The van der Waals surface area contributed by atoms with Crippen LogP contribution in [0, 0.1) is 6.92 Å². The maximum Gasteiger partial charge on any atom is -0.000741 e. The highest BCUT2D eigenvalue weighted by molar-refractivity contribution is 6.31. The first-order chi connectivity index (χ1) is 38.6. The smallest absolute Gasteiger partial charge is 0.000741 e. The number of aryl methyl sites for hydroxylation is 1. The van der Waals surface area contributed by atoms with E-state index >= 15 is 0 Å².